The molecule has 0 spiro atoms. The van der Waals surface area contributed by atoms with E-state index in [9.17, 15) is 4.79 Å². The fourth-order valence-corrected chi connectivity index (χ4v) is 2.52. The lowest BCUT2D eigenvalue weighted by molar-refractivity contribution is 0.0697. The average Bonchev–Trinajstić information content (AvgIpc) is 2.58. The van der Waals surface area contributed by atoms with Crippen LogP contribution < -0.4 is 0 Å². The van der Waals surface area contributed by atoms with Gasteiger partial charge in [-0.2, -0.15) is 0 Å². The summed E-state index contributed by atoms with van der Waals surface area (Å²) in [4.78, 5) is 19.8. The van der Waals surface area contributed by atoms with E-state index in [0.717, 1.165) is 24.1 Å². The third-order valence-electron chi connectivity index (χ3n) is 3.89. The van der Waals surface area contributed by atoms with Crippen molar-refractivity contribution in [3.63, 3.8) is 0 Å². The number of carboxylic acid groups (broad SMARTS) is 1. The molecule has 1 aromatic carbocycles. The zero-order valence-electron chi connectivity index (χ0n) is 13.7. The summed E-state index contributed by atoms with van der Waals surface area (Å²) >= 11 is 0. The van der Waals surface area contributed by atoms with Crippen LogP contribution in [0.4, 0.5) is 0 Å². The van der Waals surface area contributed by atoms with Crippen LogP contribution in [0.5, 0.6) is 0 Å². The van der Waals surface area contributed by atoms with Crippen molar-refractivity contribution in [3.8, 4) is 11.4 Å². The van der Waals surface area contributed by atoms with E-state index in [1.165, 1.54) is 32.1 Å². The van der Waals surface area contributed by atoms with Crippen molar-refractivity contribution in [2.75, 3.05) is 0 Å². The van der Waals surface area contributed by atoms with Gasteiger partial charge in [-0.1, -0.05) is 51.2 Å². The number of hydrogen-bond acceptors (Lipinski definition) is 3. The number of nitrogens with zero attached hydrogens (tertiary/aromatic N) is 2. The first-order valence-corrected chi connectivity index (χ1v) is 8.36. The standard InChI is InChI=1S/C19H24N2O2/c1-2-3-4-5-6-7-8-17-13-14-20-18(21-17)15-9-11-16(12-10-15)19(22)23/h9-14H,2-8H2,1H3,(H,22,23). The molecule has 0 unspecified atom stereocenters. The van der Waals surface area contributed by atoms with E-state index in [-0.39, 0.29) is 5.56 Å². The molecule has 122 valence electrons. The topological polar surface area (TPSA) is 63.1 Å². The monoisotopic (exact) mass is 312 g/mol. The van der Waals surface area contributed by atoms with E-state index >= 15 is 0 Å². The fourth-order valence-electron chi connectivity index (χ4n) is 2.52. The molecule has 0 atom stereocenters. The first-order valence-electron chi connectivity index (χ1n) is 8.36. The van der Waals surface area contributed by atoms with Gasteiger partial charge < -0.3 is 5.11 Å². The quantitative estimate of drug-likeness (QED) is 0.679. The predicted molar refractivity (Wildman–Crippen MR) is 91.5 cm³/mol. The highest BCUT2D eigenvalue weighted by Crippen LogP contribution is 2.17. The summed E-state index contributed by atoms with van der Waals surface area (Å²) in [5.74, 6) is -0.264. The summed E-state index contributed by atoms with van der Waals surface area (Å²) in [5.41, 5.74) is 2.17. The number of aryl methyl sites for hydroxylation is 1. The predicted octanol–water partition coefficient (Wildman–Crippen LogP) is 4.74. The summed E-state index contributed by atoms with van der Waals surface area (Å²) < 4.78 is 0. The minimum absolute atomic E-state index is 0.275. The lowest BCUT2D eigenvalue weighted by Crippen LogP contribution is -1.98. The van der Waals surface area contributed by atoms with Gasteiger partial charge in [-0.3, -0.25) is 0 Å². The summed E-state index contributed by atoms with van der Waals surface area (Å²) in [7, 11) is 0. The molecule has 0 saturated heterocycles. The molecule has 4 nitrogen and oxygen atoms in total. The van der Waals surface area contributed by atoms with E-state index in [4.69, 9.17) is 5.11 Å². The zero-order valence-corrected chi connectivity index (χ0v) is 13.7. The molecule has 4 heteroatoms. The summed E-state index contributed by atoms with van der Waals surface area (Å²) in [6, 6.07) is 8.64. The SMILES string of the molecule is CCCCCCCCc1ccnc(-c2ccc(C(=O)O)cc2)n1. The summed E-state index contributed by atoms with van der Waals surface area (Å²) in [6.07, 6.45) is 10.4. The van der Waals surface area contributed by atoms with Crippen LogP contribution in [0.1, 0.15) is 61.5 Å². The number of hydrogen-bond donors (Lipinski definition) is 1. The second-order valence-corrected chi connectivity index (χ2v) is 5.77. The first-order chi connectivity index (χ1) is 11.2. The summed E-state index contributed by atoms with van der Waals surface area (Å²) in [5, 5.41) is 8.93. The Kier molecular flexibility index (Phi) is 6.73. The maximum atomic E-state index is 10.9. The van der Waals surface area contributed by atoms with Gasteiger partial charge in [0.25, 0.3) is 0 Å². The number of carboxylic acids is 1. The Morgan fingerprint density at radius 3 is 2.39 bits per heavy atom. The Balaban J connectivity index is 1.92. The van der Waals surface area contributed by atoms with Crippen LogP contribution in [0.15, 0.2) is 36.5 Å². The fraction of sp³-hybridized carbons (Fsp3) is 0.421. The van der Waals surface area contributed by atoms with Gasteiger partial charge in [-0.05, 0) is 31.0 Å². The molecule has 0 aliphatic heterocycles. The maximum absolute atomic E-state index is 10.9. The van der Waals surface area contributed by atoms with Crippen molar-refractivity contribution in [3.05, 3.63) is 47.8 Å². The van der Waals surface area contributed by atoms with Crippen molar-refractivity contribution in [2.45, 2.75) is 51.9 Å². The molecule has 2 aromatic rings. The molecule has 0 radical (unpaired) electrons. The van der Waals surface area contributed by atoms with Gasteiger partial charge >= 0.3 is 5.97 Å². The second-order valence-electron chi connectivity index (χ2n) is 5.77. The number of carbonyl (C=O) groups is 1. The van der Waals surface area contributed by atoms with E-state index in [0.29, 0.717) is 5.82 Å². The molecule has 0 saturated carbocycles. The van der Waals surface area contributed by atoms with Gasteiger partial charge in [-0.25, -0.2) is 14.8 Å². The Labute approximate surface area is 137 Å². The number of aromatic carboxylic acids is 1. The van der Waals surface area contributed by atoms with Crippen LogP contribution in [-0.4, -0.2) is 21.0 Å². The smallest absolute Gasteiger partial charge is 0.335 e. The average molecular weight is 312 g/mol. The minimum Gasteiger partial charge on any atom is -0.478 e. The largest absolute Gasteiger partial charge is 0.478 e. The van der Waals surface area contributed by atoms with Crippen LogP contribution in [0, 0.1) is 0 Å². The Morgan fingerprint density at radius 2 is 1.70 bits per heavy atom. The molecule has 1 heterocycles. The highest BCUT2D eigenvalue weighted by molar-refractivity contribution is 5.88. The third-order valence-corrected chi connectivity index (χ3v) is 3.89. The van der Waals surface area contributed by atoms with Crippen LogP contribution in [0.3, 0.4) is 0 Å². The lowest BCUT2D eigenvalue weighted by atomic mass is 10.1. The van der Waals surface area contributed by atoms with E-state index < -0.39 is 5.97 Å². The number of aromatic nitrogens is 2. The van der Waals surface area contributed by atoms with E-state index in [2.05, 4.69) is 16.9 Å². The normalized spacial score (nSPS) is 10.7. The molecule has 23 heavy (non-hydrogen) atoms. The molecule has 0 bridgehead atoms. The van der Waals surface area contributed by atoms with Crippen LogP contribution in [0.25, 0.3) is 11.4 Å². The molecule has 1 N–H and O–H groups in total. The molecular weight excluding hydrogens is 288 g/mol. The molecule has 2 rings (SSSR count). The highest BCUT2D eigenvalue weighted by atomic mass is 16.4. The molecule has 1 aromatic heterocycles. The Morgan fingerprint density at radius 1 is 1.00 bits per heavy atom. The van der Waals surface area contributed by atoms with Crippen molar-refractivity contribution < 1.29 is 9.90 Å². The van der Waals surface area contributed by atoms with Crippen molar-refractivity contribution >= 4 is 5.97 Å². The number of rotatable bonds is 9. The van der Waals surface area contributed by atoms with Crippen LogP contribution >= 0.6 is 0 Å². The second kappa shape index (κ2) is 9.03. The van der Waals surface area contributed by atoms with Gasteiger partial charge in [-0.15, -0.1) is 0 Å². The first kappa shape index (κ1) is 17.1. The van der Waals surface area contributed by atoms with Crippen molar-refractivity contribution in [1.82, 2.24) is 9.97 Å². The van der Waals surface area contributed by atoms with Crippen LogP contribution in [-0.2, 0) is 6.42 Å². The Bertz CT molecular complexity index is 624. The minimum atomic E-state index is -0.922. The Hall–Kier alpha value is -2.23. The molecule has 0 fully saturated rings. The van der Waals surface area contributed by atoms with Crippen molar-refractivity contribution in [2.24, 2.45) is 0 Å². The highest BCUT2D eigenvalue weighted by Gasteiger charge is 2.06. The number of unbranched alkanes of at least 4 members (excludes halogenated alkanes) is 5. The molecular formula is C19H24N2O2. The summed E-state index contributed by atoms with van der Waals surface area (Å²) in [6.45, 7) is 2.23. The van der Waals surface area contributed by atoms with Gasteiger partial charge in [0.15, 0.2) is 5.82 Å². The zero-order chi connectivity index (χ0) is 16.5. The third kappa shape index (κ3) is 5.47. The molecule has 0 aliphatic carbocycles. The molecule has 0 amide bonds. The number of benzene rings is 1. The molecule has 0 aliphatic rings. The van der Waals surface area contributed by atoms with E-state index in [1.54, 1.807) is 30.5 Å². The van der Waals surface area contributed by atoms with E-state index in [1.807, 2.05) is 6.07 Å². The van der Waals surface area contributed by atoms with Gasteiger partial charge in [0.05, 0.1) is 5.56 Å². The van der Waals surface area contributed by atoms with Gasteiger partial charge in [0.2, 0.25) is 0 Å². The van der Waals surface area contributed by atoms with Gasteiger partial charge in [0.1, 0.15) is 0 Å². The lowest BCUT2D eigenvalue weighted by Gasteiger charge is -2.05. The maximum Gasteiger partial charge on any atom is 0.335 e. The van der Waals surface area contributed by atoms with Gasteiger partial charge in [0, 0.05) is 17.5 Å². The van der Waals surface area contributed by atoms with Crippen LogP contribution in [0.2, 0.25) is 0 Å². The van der Waals surface area contributed by atoms with Crippen molar-refractivity contribution in [1.29, 1.82) is 0 Å².